The average molecular weight is 290 g/mol. The molecule has 1 heterocycles. The second kappa shape index (κ2) is 6.20. The number of para-hydroxylation sites is 1. The maximum atomic E-state index is 12.1. The number of benzene rings is 1. The lowest BCUT2D eigenvalue weighted by Crippen LogP contribution is -2.25. The summed E-state index contributed by atoms with van der Waals surface area (Å²) in [5, 5.41) is 0. The van der Waals surface area contributed by atoms with Crippen molar-refractivity contribution >= 4 is 19.4 Å². The summed E-state index contributed by atoms with van der Waals surface area (Å²) in [6.45, 7) is 4.81. The lowest BCUT2D eigenvalue weighted by atomic mass is 9.85. The van der Waals surface area contributed by atoms with Gasteiger partial charge in [0.2, 0.25) is 6.79 Å². The van der Waals surface area contributed by atoms with Crippen molar-refractivity contribution in [1.82, 2.24) is 0 Å². The fourth-order valence-electron chi connectivity index (χ4n) is 1.98. The van der Waals surface area contributed by atoms with Gasteiger partial charge in [0.15, 0.2) is 0 Å². The molecule has 0 amide bonds. The van der Waals surface area contributed by atoms with Crippen molar-refractivity contribution in [3.8, 4) is 5.75 Å². The van der Waals surface area contributed by atoms with Gasteiger partial charge >= 0.3 is 19.4 Å². The Morgan fingerprint density at radius 2 is 2.05 bits per heavy atom. The lowest BCUT2D eigenvalue weighted by molar-refractivity contribution is -0.161. The van der Waals surface area contributed by atoms with E-state index in [0.717, 1.165) is 18.3 Å². The number of carbonyl (C=O) groups excluding carboxylic acids is 2. The van der Waals surface area contributed by atoms with E-state index < -0.39 is 24.1 Å². The zero-order valence-corrected chi connectivity index (χ0v) is 12.6. The van der Waals surface area contributed by atoms with Crippen LogP contribution in [-0.4, -0.2) is 26.2 Å². The van der Waals surface area contributed by atoms with Crippen LogP contribution in [0.5, 0.6) is 5.75 Å². The van der Waals surface area contributed by atoms with Crippen molar-refractivity contribution < 1.29 is 23.7 Å². The number of carbonyl (C=O) groups is 2. The van der Waals surface area contributed by atoms with E-state index in [1.54, 1.807) is 32.9 Å². The smallest absolute Gasteiger partial charge is 0.344 e. The predicted octanol–water partition coefficient (Wildman–Crippen LogP) is 2.09. The van der Waals surface area contributed by atoms with E-state index >= 15 is 0 Å². The highest BCUT2D eigenvalue weighted by Crippen LogP contribution is 2.29. The zero-order valence-electron chi connectivity index (χ0n) is 12.6. The van der Waals surface area contributed by atoms with Crippen LogP contribution < -0.4 is 4.65 Å². The van der Waals surface area contributed by atoms with Crippen molar-refractivity contribution in [2.45, 2.75) is 33.5 Å². The summed E-state index contributed by atoms with van der Waals surface area (Å²) < 4.78 is 15.5. The van der Waals surface area contributed by atoms with Gasteiger partial charge in [-0.1, -0.05) is 12.1 Å². The van der Waals surface area contributed by atoms with Gasteiger partial charge < -0.3 is 14.1 Å². The molecule has 0 atom stereocenters. The molecule has 112 valence electrons. The molecular weight excluding hydrogens is 271 g/mol. The molecule has 0 saturated carbocycles. The molecule has 6 heteroatoms. The van der Waals surface area contributed by atoms with E-state index in [1.807, 2.05) is 6.07 Å². The molecule has 0 spiro atoms. The fraction of sp³-hybridized carbons (Fsp3) is 0.467. The molecule has 1 aliphatic rings. The van der Waals surface area contributed by atoms with Gasteiger partial charge in [0.1, 0.15) is 11.3 Å². The molecule has 0 radical (unpaired) electrons. The van der Waals surface area contributed by atoms with Crippen LogP contribution in [0.15, 0.2) is 18.2 Å². The first-order valence-electron chi connectivity index (χ1n) is 6.98. The van der Waals surface area contributed by atoms with E-state index in [9.17, 15) is 9.59 Å². The zero-order chi connectivity index (χ0) is 15.5. The Hall–Kier alpha value is -1.98. The van der Waals surface area contributed by atoms with Crippen molar-refractivity contribution in [3.05, 3.63) is 29.3 Å². The predicted molar refractivity (Wildman–Crippen MR) is 78.6 cm³/mol. The Bertz CT molecular complexity index is 547. The number of esters is 2. The summed E-state index contributed by atoms with van der Waals surface area (Å²) in [7, 11) is 0.594. The minimum absolute atomic E-state index is 0.374. The van der Waals surface area contributed by atoms with Gasteiger partial charge in [-0.15, -0.1) is 0 Å². The quantitative estimate of drug-likeness (QED) is 0.484. The molecule has 21 heavy (non-hydrogen) atoms. The van der Waals surface area contributed by atoms with Gasteiger partial charge in [0.25, 0.3) is 0 Å². The first kappa shape index (κ1) is 15.4. The Morgan fingerprint density at radius 3 is 2.76 bits per heavy atom. The summed E-state index contributed by atoms with van der Waals surface area (Å²) in [6, 6.07) is 5.38. The first-order valence-corrected chi connectivity index (χ1v) is 6.98. The molecule has 0 saturated heterocycles. The fourth-order valence-corrected chi connectivity index (χ4v) is 1.98. The summed E-state index contributed by atoms with van der Waals surface area (Å²) >= 11 is 0. The van der Waals surface area contributed by atoms with Gasteiger partial charge in [-0.3, -0.25) is 4.79 Å². The molecule has 0 aliphatic carbocycles. The van der Waals surface area contributed by atoms with Crippen LogP contribution in [0.4, 0.5) is 0 Å². The number of rotatable bonds is 3. The molecule has 2 rings (SSSR count). The molecule has 1 aromatic carbocycles. The summed E-state index contributed by atoms with van der Waals surface area (Å²) in [5.41, 5.74) is 0.753. The Balaban J connectivity index is 1.97. The van der Waals surface area contributed by atoms with Crippen molar-refractivity contribution in [1.29, 1.82) is 0 Å². The summed E-state index contributed by atoms with van der Waals surface area (Å²) in [5.74, 6) is -0.381. The highest BCUT2D eigenvalue weighted by Gasteiger charge is 2.24. The highest BCUT2D eigenvalue weighted by atomic mass is 16.7. The molecule has 0 N–H and O–H groups in total. The topological polar surface area (TPSA) is 61.8 Å². The molecule has 0 aromatic heterocycles. The van der Waals surface area contributed by atoms with E-state index in [0.29, 0.717) is 18.8 Å². The Morgan fingerprint density at radius 1 is 1.29 bits per heavy atom. The van der Waals surface area contributed by atoms with Crippen LogP contribution in [0, 0.1) is 5.41 Å². The molecular formula is C15H19BO5. The van der Waals surface area contributed by atoms with Crippen LogP contribution in [-0.2, 0) is 20.7 Å². The summed E-state index contributed by atoms with van der Waals surface area (Å²) in [6.07, 6.45) is 1.82. The van der Waals surface area contributed by atoms with Gasteiger partial charge in [-0.05, 0) is 45.1 Å². The maximum Gasteiger partial charge on any atom is 0.344 e. The number of ether oxygens (including phenoxy) is 2. The van der Waals surface area contributed by atoms with Gasteiger partial charge in [0.05, 0.1) is 5.41 Å². The average Bonchev–Trinajstić information content (AvgIpc) is 2.45. The van der Waals surface area contributed by atoms with E-state index in [-0.39, 0.29) is 0 Å². The Labute approximate surface area is 124 Å². The van der Waals surface area contributed by atoms with Crippen LogP contribution in [0.25, 0.3) is 0 Å². The third-order valence-electron chi connectivity index (χ3n) is 3.15. The highest BCUT2D eigenvalue weighted by molar-refractivity contribution is 6.29. The van der Waals surface area contributed by atoms with Gasteiger partial charge in [-0.25, -0.2) is 4.79 Å². The molecule has 5 nitrogen and oxygen atoms in total. The second-order valence-corrected chi connectivity index (χ2v) is 5.98. The monoisotopic (exact) mass is 290 g/mol. The molecule has 1 aromatic rings. The van der Waals surface area contributed by atoms with E-state index in [4.69, 9.17) is 14.1 Å². The van der Waals surface area contributed by atoms with Crippen molar-refractivity contribution in [2.75, 3.05) is 6.79 Å². The van der Waals surface area contributed by atoms with E-state index in [2.05, 4.69) is 0 Å². The Kier molecular flexibility index (Phi) is 4.55. The minimum atomic E-state index is -0.624. The maximum absolute atomic E-state index is 12.1. The number of aryl methyl sites for hydroxylation is 1. The van der Waals surface area contributed by atoms with Crippen LogP contribution >= 0.6 is 0 Å². The standard InChI is InChI=1S/C15H19BO5/c1-15(2,3)14(18)20-9-19-13(17)11-6-4-5-10-7-8-16-21-12(10)11/h4-6,16H,7-9H2,1-3H3. The number of hydrogen-bond donors (Lipinski definition) is 0. The van der Waals surface area contributed by atoms with Crippen molar-refractivity contribution in [3.63, 3.8) is 0 Å². The first-order chi connectivity index (χ1) is 9.89. The number of fused-ring (bicyclic) bond motifs is 1. The lowest BCUT2D eigenvalue weighted by Gasteiger charge is -2.20. The minimum Gasteiger partial charge on any atom is -0.564 e. The number of hydrogen-bond acceptors (Lipinski definition) is 5. The molecule has 1 aliphatic heterocycles. The van der Waals surface area contributed by atoms with Crippen molar-refractivity contribution in [2.24, 2.45) is 5.41 Å². The van der Waals surface area contributed by atoms with Gasteiger partial charge in [0, 0.05) is 0 Å². The van der Waals surface area contributed by atoms with Crippen LogP contribution in [0.2, 0.25) is 6.32 Å². The molecule has 0 fully saturated rings. The second-order valence-electron chi connectivity index (χ2n) is 5.98. The third-order valence-corrected chi connectivity index (χ3v) is 3.15. The molecule has 0 unspecified atom stereocenters. The van der Waals surface area contributed by atoms with Crippen LogP contribution in [0.3, 0.4) is 0 Å². The SMILES string of the molecule is CC(C)(C)C(=O)OCOC(=O)c1cccc2c1OBCC2. The largest absolute Gasteiger partial charge is 0.564 e. The van der Waals surface area contributed by atoms with Crippen LogP contribution in [0.1, 0.15) is 36.7 Å². The molecule has 0 bridgehead atoms. The third kappa shape index (κ3) is 3.77. The normalized spacial score (nSPS) is 13.5. The van der Waals surface area contributed by atoms with E-state index in [1.165, 1.54) is 0 Å². The summed E-state index contributed by atoms with van der Waals surface area (Å²) in [4.78, 5) is 23.6. The van der Waals surface area contributed by atoms with Gasteiger partial charge in [-0.2, -0.15) is 0 Å².